The maximum atomic E-state index is 11.3. The Morgan fingerprint density at radius 2 is 2.00 bits per heavy atom. The van der Waals surface area contributed by atoms with Gasteiger partial charge in [0.1, 0.15) is 0 Å². The fourth-order valence-electron chi connectivity index (χ4n) is 1.58. The second kappa shape index (κ2) is 10.1. The van der Waals surface area contributed by atoms with Crippen molar-refractivity contribution in [3.8, 4) is 0 Å². The van der Waals surface area contributed by atoms with Crippen LogP contribution in [-0.2, 0) is 14.3 Å². The van der Waals surface area contributed by atoms with Crippen molar-refractivity contribution < 1.29 is 19.4 Å². The molecule has 0 aliphatic carbocycles. The van der Waals surface area contributed by atoms with E-state index in [9.17, 15) is 9.59 Å². The number of hydrogen-bond donors (Lipinski definition) is 2. The van der Waals surface area contributed by atoms with E-state index in [1.165, 1.54) is 0 Å². The van der Waals surface area contributed by atoms with E-state index < -0.39 is 5.97 Å². The van der Waals surface area contributed by atoms with Gasteiger partial charge in [0.25, 0.3) is 0 Å². The topological polar surface area (TPSA) is 75.6 Å². The summed E-state index contributed by atoms with van der Waals surface area (Å²) in [5.41, 5.74) is 0. The standard InChI is InChI=1S/C12H23NO4/c1-3-10(4-5-12(15)16)6-8-13-11(14)7-9-17-2/h10H,3-9H2,1-2H3,(H,13,14)(H,15,16). The lowest BCUT2D eigenvalue weighted by molar-refractivity contribution is -0.137. The number of carbonyl (C=O) groups excluding carboxylic acids is 1. The Balaban J connectivity index is 3.61. The third-order valence-corrected chi connectivity index (χ3v) is 2.75. The molecule has 0 aromatic rings. The predicted molar refractivity (Wildman–Crippen MR) is 64.8 cm³/mol. The molecule has 2 N–H and O–H groups in total. The Hall–Kier alpha value is -1.10. The molecule has 0 bridgehead atoms. The van der Waals surface area contributed by atoms with Crippen LogP contribution in [0.5, 0.6) is 0 Å². The maximum Gasteiger partial charge on any atom is 0.303 e. The summed E-state index contributed by atoms with van der Waals surface area (Å²) in [4.78, 5) is 21.7. The van der Waals surface area contributed by atoms with Crippen LogP contribution < -0.4 is 5.32 Å². The van der Waals surface area contributed by atoms with Gasteiger partial charge in [-0.1, -0.05) is 13.3 Å². The van der Waals surface area contributed by atoms with Crippen molar-refractivity contribution in [2.24, 2.45) is 5.92 Å². The number of hydrogen-bond acceptors (Lipinski definition) is 3. The van der Waals surface area contributed by atoms with E-state index in [0.29, 0.717) is 31.9 Å². The molecule has 0 aliphatic heterocycles. The Kier molecular flexibility index (Phi) is 9.43. The molecule has 1 amide bonds. The zero-order valence-corrected chi connectivity index (χ0v) is 10.7. The van der Waals surface area contributed by atoms with E-state index in [1.54, 1.807) is 7.11 Å². The molecule has 0 saturated carbocycles. The highest BCUT2D eigenvalue weighted by molar-refractivity contribution is 5.75. The quantitative estimate of drug-likeness (QED) is 0.610. The summed E-state index contributed by atoms with van der Waals surface area (Å²) >= 11 is 0. The maximum absolute atomic E-state index is 11.3. The Labute approximate surface area is 103 Å². The number of carboxylic acid groups (broad SMARTS) is 1. The van der Waals surface area contributed by atoms with Crippen LogP contribution in [0.4, 0.5) is 0 Å². The van der Waals surface area contributed by atoms with Crippen LogP contribution in [-0.4, -0.2) is 37.2 Å². The van der Waals surface area contributed by atoms with E-state index in [1.807, 2.05) is 6.92 Å². The summed E-state index contributed by atoms with van der Waals surface area (Å²) in [7, 11) is 1.56. The molecule has 0 aromatic heterocycles. The number of nitrogens with one attached hydrogen (secondary N) is 1. The lowest BCUT2D eigenvalue weighted by Gasteiger charge is -2.13. The molecule has 5 nitrogen and oxygen atoms in total. The highest BCUT2D eigenvalue weighted by Gasteiger charge is 2.09. The molecule has 1 atom stereocenters. The second-order valence-corrected chi connectivity index (χ2v) is 4.09. The van der Waals surface area contributed by atoms with Crippen LogP contribution in [0, 0.1) is 5.92 Å². The molecular formula is C12H23NO4. The van der Waals surface area contributed by atoms with Gasteiger partial charge in [-0.25, -0.2) is 0 Å². The molecule has 0 aliphatic rings. The SMILES string of the molecule is CCC(CCNC(=O)CCOC)CCC(=O)O. The van der Waals surface area contributed by atoms with Crippen molar-refractivity contribution in [1.82, 2.24) is 5.32 Å². The zero-order valence-electron chi connectivity index (χ0n) is 10.7. The molecule has 0 saturated heterocycles. The molecule has 0 rings (SSSR count). The molecule has 0 heterocycles. The first-order valence-electron chi connectivity index (χ1n) is 6.07. The number of aliphatic carboxylic acids is 1. The lowest BCUT2D eigenvalue weighted by Crippen LogP contribution is -2.26. The fourth-order valence-corrected chi connectivity index (χ4v) is 1.58. The fraction of sp³-hybridized carbons (Fsp3) is 0.833. The molecule has 0 spiro atoms. The number of carboxylic acids is 1. The zero-order chi connectivity index (χ0) is 13.1. The second-order valence-electron chi connectivity index (χ2n) is 4.09. The lowest BCUT2D eigenvalue weighted by atomic mass is 9.97. The largest absolute Gasteiger partial charge is 0.481 e. The van der Waals surface area contributed by atoms with Gasteiger partial charge in [-0.3, -0.25) is 9.59 Å². The van der Waals surface area contributed by atoms with Crippen molar-refractivity contribution in [2.45, 2.75) is 39.0 Å². The molecule has 100 valence electrons. The van der Waals surface area contributed by atoms with Gasteiger partial charge in [-0.15, -0.1) is 0 Å². The van der Waals surface area contributed by atoms with Gasteiger partial charge in [0, 0.05) is 26.5 Å². The minimum Gasteiger partial charge on any atom is -0.481 e. The number of methoxy groups -OCH3 is 1. The molecular weight excluding hydrogens is 222 g/mol. The van der Waals surface area contributed by atoms with Crippen LogP contribution in [0.25, 0.3) is 0 Å². The molecule has 1 unspecified atom stereocenters. The minimum absolute atomic E-state index is 0.0139. The van der Waals surface area contributed by atoms with E-state index >= 15 is 0 Å². The van der Waals surface area contributed by atoms with Crippen molar-refractivity contribution in [3.63, 3.8) is 0 Å². The van der Waals surface area contributed by atoms with Gasteiger partial charge in [-0.2, -0.15) is 0 Å². The highest BCUT2D eigenvalue weighted by atomic mass is 16.5. The average Bonchev–Trinajstić information content (AvgIpc) is 2.30. The number of carbonyl (C=O) groups is 2. The normalized spacial score (nSPS) is 12.1. The summed E-state index contributed by atoms with van der Waals surface area (Å²) in [6.45, 7) is 3.09. The van der Waals surface area contributed by atoms with E-state index in [4.69, 9.17) is 9.84 Å². The van der Waals surface area contributed by atoms with Crippen LogP contribution >= 0.6 is 0 Å². The third kappa shape index (κ3) is 9.81. The monoisotopic (exact) mass is 245 g/mol. The van der Waals surface area contributed by atoms with Gasteiger partial charge in [0.05, 0.1) is 6.61 Å². The van der Waals surface area contributed by atoms with Crippen molar-refractivity contribution in [3.05, 3.63) is 0 Å². The van der Waals surface area contributed by atoms with Gasteiger partial charge in [0.15, 0.2) is 0 Å². The average molecular weight is 245 g/mol. The van der Waals surface area contributed by atoms with Crippen LogP contribution in [0.1, 0.15) is 39.0 Å². The van der Waals surface area contributed by atoms with Crippen LogP contribution in [0.15, 0.2) is 0 Å². The van der Waals surface area contributed by atoms with E-state index in [2.05, 4.69) is 5.32 Å². The number of amides is 1. The minimum atomic E-state index is -0.757. The number of ether oxygens (including phenoxy) is 1. The highest BCUT2D eigenvalue weighted by Crippen LogP contribution is 2.14. The van der Waals surface area contributed by atoms with Gasteiger partial charge in [-0.05, 0) is 18.8 Å². The van der Waals surface area contributed by atoms with Gasteiger partial charge in [0.2, 0.25) is 5.91 Å². The summed E-state index contributed by atoms with van der Waals surface area (Å²) in [6, 6.07) is 0. The van der Waals surface area contributed by atoms with Crippen molar-refractivity contribution >= 4 is 11.9 Å². The van der Waals surface area contributed by atoms with E-state index in [0.717, 1.165) is 12.8 Å². The van der Waals surface area contributed by atoms with Gasteiger partial charge >= 0.3 is 5.97 Å². The Bertz CT molecular complexity index is 231. The Morgan fingerprint density at radius 3 is 2.53 bits per heavy atom. The van der Waals surface area contributed by atoms with Crippen molar-refractivity contribution in [2.75, 3.05) is 20.3 Å². The predicted octanol–water partition coefficient (Wildman–Crippen LogP) is 1.42. The van der Waals surface area contributed by atoms with E-state index in [-0.39, 0.29) is 12.3 Å². The first-order valence-corrected chi connectivity index (χ1v) is 6.07. The molecule has 0 radical (unpaired) electrons. The van der Waals surface area contributed by atoms with Crippen molar-refractivity contribution in [1.29, 1.82) is 0 Å². The third-order valence-electron chi connectivity index (χ3n) is 2.75. The summed E-state index contributed by atoms with van der Waals surface area (Å²) in [5, 5.41) is 11.4. The Morgan fingerprint density at radius 1 is 1.29 bits per heavy atom. The molecule has 5 heteroatoms. The molecule has 17 heavy (non-hydrogen) atoms. The van der Waals surface area contributed by atoms with Crippen LogP contribution in [0.2, 0.25) is 0 Å². The summed E-state index contributed by atoms with van der Waals surface area (Å²) in [6.07, 6.45) is 3.04. The number of rotatable bonds is 10. The first kappa shape index (κ1) is 15.9. The molecule has 0 aromatic carbocycles. The first-order chi connectivity index (χ1) is 8.10. The van der Waals surface area contributed by atoms with Crippen LogP contribution in [0.3, 0.4) is 0 Å². The summed E-state index contributed by atoms with van der Waals surface area (Å²) in [5.74, 6) is -0.402. The smallest absolute Gasteiger partial charge is 0.303 e. The van der Waals surface area contributed by atoms with Gasteiger partial charge < -0.3 is 15.2 Å². The summed E-state index contributed by atoms with van der Waals surface area (Å²) < 4.78 is 4.80. The molecule has 0 fully saturated rings.